The summed E-state index contributed by atoms with van der Waals surface area (Å²) in [5.74, 6) is 0. The monoisotopic (exact) mass is 713 g/mol. The van der Waals surface area contributed by atoms with E-state index in [1.807, 2.05) is 12.1 Å². The standard InChI is InChI=1S/C52H31N3O/c1-2-12-33(13-3-1)53(36-27-29-37-32(30-36)26-28-43-39-17-5-7-25-48(39)56-52(37)43)34-14-8-15-35(31-34)54-45-22-10-18-40-42-20-9-19-41-38-16-4-6-21-44(38)55(51(41)42)47-24-11-23-46(54)50(47)49(40)45/h1-31H. The van der Waals surface area contributed by atoms with Crippen LogP contribution in [0.25, 0.3) is 98.3 Å². The fourth-order valence-electron chi connectivity index (χ4n) is 9.70. The van der Waals surface area contributed by atoms with Gasteiger partial charge in [0, 0.05) is 65.8 Å². The minimum Gasteiger partial charge on any atom is -0.455 e. The average Bonchev–Trinajstić information content (AvgIpc) is 3.89. The highest BCUT2D eigenvalue weighted by Gasteiger charge is 2.23. The van der Waals surface area contributed by atoms with Crippen molar-refractivity contribution in [3.63, 3.8) is 0 Å². The van der Waals surface area contributed by atoms with Crippen molar-refractivity contribution >= 4 is 110 Å². The number of benzene rings is 9. The molecule has 0 fully saturated rings. The van der Waals surface area contributed by atoms with E-state index < -0.39 is 0 Å². The van der Waals surface area contributed by atoms with Crippen molar-refractivity contribution in [2.45, 2.75) is 0 Å². The van der Waals surface area contributed by atoms with Gasteiger partial charge in [-0.2, -0.15) is 0 Å². The third-order valence-corrected chi connectivity index (χ3v) is 12.0. The predicted octanol–water partition coefficient (Wildman–Crippen LogP) is 14.5. The smallest absolute Gasteiger partial charge is 0.143 e. The molecule has 4 aromatic heterocycles. The summed E-state index contributed by atoms with van der Waals surface area (Å²) in [6.07, 6.45) is 0. The lowest BCUT2D eigenvalue weighted by molar-refractivity contribution is 0.672. The lowest BCUT2D eigenvalue weighted by Gasteiger charge is -2.26. The summed E-state index contributed by atoms with van der Waals surface area (Å²) in [6, 6.07) is 68.3. The number of hydrogen-bond acceptors (Lipinski definition) is 2. The van der Waals surface area contributed by atoms with Crippen LogP contribution < -0.4 is 4.90 Å². The molecule has 0 saturated heterocycles. The molecule has 13 rings (SSSR count). The van der Waals surface area contributed by atoms with Gasteiger partial charge in [0.25, 0.3) is 0 Å². The number of rotatable bonds is 4. The zero-order valence-electron chi connectivity index (χ0n) is 30.1. The topological polar surface area (TPSA) is 25.7 Å². The third kappa shape index (κ3) is 3.92. The van der Waals surface area contributed by atoms with Gasteiger partial charge in [0.1, 0.15) is 11.2 Å². The van der Waals surface area contributed by atoms with Gasteiger partial charge in [0.15, 0.2) is 0 Å². The summed E-state index contributed by atoms with van der Waals surface area (Å²) in [6.45, 7) is 0. The number of nitrogens with zero attached hydrogens (tertiary/aromatic N) is 3. The Balaban J connectivity index is 1.06. The number of fused-ring (bicyclic) bond motifs is 10. The number of furan rings is 1. The molecule has 56 heavy (non-hydrogen) atoms. The second kappa shape index (κ2) is 11.0. The van der Waals surface area contributed by atoms with Crippen LogP contribution in [0.5, 0.6) is 0 Å². The molecule has 9 aromatic carbocycles. The number of hydrogen-bond donors (Lipinski definition) is 0. The molecular weight excluding hydrogens is 683 g/mol. The third-order valence-electron chi connectivity index (χ3n) is 12.0. The molecule has 0 radical (unpaired) electrons. The first-order valence-corrected chi connectivity index (χ1v) is 19.2. The summed E-state index contributed by atoms with van der Waals surface area (Å²) in [5, 5.41) is 12.2. The van der Waals surface area contributed by atoms with Crippen molar-refractivity contribution in [1.29, 1.82) is 0 Å². The number of para-hydroxylation sites is 4. The lowest BCUT2D eigenvalue weighted by Crippen LogP contribution is -2.10. The minimum absolute atomic E-state index is 0.913. The zero-order valence-corrected chi connectivity index (χ0v) is 30.1. The maximum absolute atomic E-state index is 6.43. The van der Waals surface area contributed by atoms with E-state index >= 15 is 0 Å². The molecule has 4 heteroatoms. The molecule has 0 aliphatic carbocycles. The Morgan fingerprint density at radius 2 is 1.00 bits per heavy atom. The summed E-state index contributed by atoms with van der Waals surface area (Å²) in [5.41, 5.74) is 12.3. The van der Waals surface area contributed by atoms with Gasteiger partial charge in [0.05, 0.1) is 27.6 Å². The molecule has 4 nitrogen and oxygen atoms in total. The lowest BCUT2D eigenvalue weighted by atomic mass is 10.0. The second-order valence-electron chi connectivity index (χ2n) is 14.9. The summed E-state index contributed by atoms with van der Waals surface area (Å²) in [4.78, 5) is 2.36. The highest BCUT2D eigenvalue weighted by atomic mass is 16.3. The summed E-state index contributed by atoms with van der Waals surface area (Å²) in [7, 11) is 0. The van der Waals surface area contributed by atoms with Crippen molar-refractivity contribution in [2.24, 2.45) is 0 Å². The van der Waals surface area contributed by atoms with E-state index in [9.17, 15) is 0 Å². The van der Waals surface area contributed by atoms with Gasteiger partial charge in [-0.05, 0) is 95.7 Å². The summed E-state index contributed by atoms with van der Waals surface area (Å²) >= 11 is 0. The second-order valence-corrected chi connectivity index (χ2v) is 14.9. The molecule has 0 aliphatic rings. The molecule has 0 unspecified atom stereocenters. The van der Waals surface area contributed by atoms with Crippen molar-refractivity contribution in [3.05, 3.63) is 188 Å². The van der Waals surface area contributed by atoms with Gasteiger partial charge >= 0.3 is 0 Å². The van der Waals surface area contributed by atoms with Crippen molar-refractivity contribution in [2.75, 3.05) is 4.90 Å². The average molecular weight is 714 g/mol. The van der Waals surface area contributed by atoms with Crippen LogP contribution in [-0.2, 0) is 0 Å². The predicted molar refractivity (Wildman–Crippen MR) is 235 cm³/mol. The van der Waals surface area contributed by atoms with Crippen LogP contribution in [0.15, 0.2) is 192 Å². The van der Waals surface area contributed by atoms with Gasteiger partial charge in [-0.3, -0.25) is 0 Å². The molecule has 13 aromatic rings. The van der Waals surface area contributed by atoms with E-state index in [0.29, 0.717) is 0 Å². The highest BCUT2D eigenvalue weighted by Crippen LogP contribution is 2.45. The van der Waals surface area contributed by atoms with Crippen LogP contribution in [0.2, 0.25) is 0 Å². The van der Waals surface area contributed by atoms with Crippen LogP contribution in [0.3, 0.4) is 0 Å². The molecule has 0 N–H and O–H groups in total. The molecule has 4 heterocycles. The van der Waals surface area contributed by atoms with E-state index in [2.05, 4.69) is 190 Å². The van der Waals surface area contributed by atoms with Gasteiger partial charge in [-0.1, -0.05) is 103 Å². The van der Waals surface area contributed by atoms with Gasteiger partial charge in [-0.15, -0.1) is 0 Å². The maximum Gasteiger partial charge on any atom is 0.143 e. The quantitative estimate of drug-likeness (QED) is 0.181. The molecule has 0 saturated carbocycles. The molecule has 0 aliphatic heterocycles. The van der Waals surface area contributed by atoms with E-state index in [0.717, 1.165) is 55.5 Å². The van der Waals surface area contributed by atoms with E-state index in [-0.39, 0.29) is 0 Å². The Morgan fingerprint density at radius 3 is 1.91 bits per heavy atom. The Bertz CT molecular complexity index is 3720. The van der Waals surface area contributed by atoms with Gasteiger partial charge in [0.2, 0.25) is 0 Å². The first-order chi connectivity index (χ1) is 27.8. The zero-order chi connectivity index (χ0) is 36.5. The molecule has 0 bridgehead atoms. The van der Waals surface area contributed by atoms with Crippen molar-refractivity contribution in [1.82, 2.24) is 8.97 Å². The SMILES string of the molecule is c1ccc(N(c2cccc(-n3c4cccc5c6cccc7c8ccccc8n(c8cccc3c8c54)c67)c2)c2ccc3c(ccc4c5ccccc5oc34)c2)cc1. The van der Waals surface area contributed by atoms with Crippen LogP contribution in [0.1, 0.15) is 0 Å². The Morgan fingerprint density at radius 1 is 0.375 bits per heavy atom. The normalized spacial score (nSPS) is 12.3. The first-order valence-electron chi connectivity index (χ1n) is 19.2. The first kappa shape index (κ1) is 29.8. The fraction of sp³-hybridized carbons (Fsp3) is 0. The van der Waals surface area contributed by atoms with Gasteiger partial charge in [-0.25, -0.2) is 0 Å². The van der Waals surface area contributed by atoms with E-state index in [4.69, 9.17) is 4.42 Å². The number of anilines is 3. The van der Waals surface area contributed by atoms with Crippen LogP contribution in [0.4, 0.5) is 17.1 Å². The number of aromatic nitrogens is 2. The summed E-state index contributed by atoms with van der Waals surface area (Å²) < 4.78 is 11.4. The largest absolute Gasteiger partial charge is 0.455 e. The Kier molecular flexibility index (Phi) is 5.86. The van der Waals surface area contributed by atoms with Crippen LogP contribution >= 0.6 is 0 Å². The fourth-order valence-corrected chi connectivity index (χ4v) is 9.70. The van der Waals surface area contributed by atoms with Crippen molar-refractivity contribution in [3.8, 4) is 5.69 Å². The van der Waals surface area contributed by atoms with Gasteiger partial charge < -0.3 is 18.3 Å². The Labute approximate surface area is 320 Å². The van der Waals surface area contributed by atoms with E-state index in [1.54, 1.807) is 0 Å². The van der Waals surface area contributed by atoms with E-state index in [1.165, 1.54) is 59.9 Å². The molecule has 0 amide bonds. The molecule has 0 spiro atoms. The van der Waals surface area contributed by atoms with Crippen LogP contribution in [-0.4, -0.2) is 8.97 Å². The van der Waals surface area contributed by atoms with Crippen molar-refractivity contribution < 1.29 is 4.42 Å². The molecular formula is C52H31N3O. The van der Waals surface area contributed by atoms with Crippen LogP contribution in [0, 0.1) is 0 Å². The molecule has 0 atom stereocenters. The highest BCUT2D eigenvalue weighted by molar-refractivity contribution is 6.31. The Hall–Kier alpha value is -7.56. The molecule has 260 valence electrons. The minimum atomic E-state index is 0.913. The maximum atomic E-state index is 6.43.